The molecule has 3 rings (SSSR count). The standard InChI is InChI=1S/C21H25ClN2O4S/c1-15-5-3-4-12-24(15)29(26,27)18-9-7-17(8-10-18)23-14-20(25)16-6-11-21(28-2)19(22)13-16/h6-11,13,15,23H,3-5,12,14H2,1-2H3. The van der Waals surface area contributed by atoms with Crippen molar-refractivity contribution in [3.8, 4) is 5.75 Å². The molecule has 0 spiro atoms. The first-order valence-corrected chi connectivity index (χ1v) is 11.4. The molecule has 0 amide bonds. The molecule has 1 atom stereocenters. The van der Waals surface area contributed by atoms with E-state index in [4.69, 9.17) is 16.3 Å². The number of sulfonamides is 1. The van der Waals surface area contributed by atoms with Crippen molar-refractivity contribution in [3.63, 3.8) is 0 Å². The summed E-state index contributed by atoms with van der Waals surface area (Å²) in [6, 6.07) is 11.4. The zero-order valence-electron chi connectivity index (χ0n) is 16.5. The Labute approximate surface area is 176 Å². The molecule has 8 heteroatoms. The summed E-state index contributed by atoms with van der Waals surface area (Å²) in [5, 5.41) is 3.40. The number of carbonyl (C=O) groups is 1. The minimum Gasteiger partial charge on any atom is -0.495 e. The van der Waals surface area contributed by atoms with Gasteiger partial charge in [0.15, 0.2) is 5.78 Å². The zero-order chi connectivity index (χ0) is 21.0. The maximum atomic E-state index is 12.9. The van der Waals surface area contributed by atoms with Crippen molar-refractivity contribution in [2.45, 2.75) is 37.1 Å². The maximum absolute atomic E-state index is 12.9. The van der Waals surface area contributed by atoms with Crippen molar-refractivity contribution < 1.29 is 17.9 Å². The molecule has 6 nitrogen and oxygen atoms in total. The number of halogens is 1. The SMILES string of the molecule is COc1ccc(C(=O)CNc2ccc(S(=O)(=O)N3CCCCC3C)cc2)cc1Cl. The predicted octanol–water partition coefficient (Wildman–Crippen LogP) is 4.21. The lowest BCUT2D eigenvalue weighted by Gasteiger charge is -2.32. The van der Waals surface area contributed by atoms with Gasteiger partial charge < -0.3 is 10.1 Å². The number of rotatable bonds is 7. The lowest BCUT2D eigenvalue weighted by molar-refractivity contribution is 0.101. The fourth-order valence-electron chi connectivity index (χ4n) is 3.43. The molecule has 2 aromatic carbocycles. The van der Waals surface area contributed by atoms with Gasteiger partial charge in [-0.2, -0.15) is 4.31 Å². The monoisotopic (exact) mass is 436 g/mol. The quantitative estimate of drug-likeness (QED) is 0.658. The van der Waals surface area contributed by atoms with Crippen molar-refractivity contribution in [2.75, 3.05) is 25.5 Å². The van der Waals surface area contributed by atoms with Crippen LogP contribution in [0.2, 0.25) is 5.02 Å². The van der Waals surface area contributed by atoms with Gasteiger partial charge >= 0.3 is 0 Å². The van der Waals surface area contributed by atoms with Crippen LogP contribution < -0.4 is 10.1 Å². The topological polar surface area (TPSA) is 75.7 Å². The molecule has 1 aliphatic heterocycles. The Balaban J connectivity index is 1.64. The number of ketones is 1. The number of methoxy groups -OCH3 is 1. The third kappa shape index (κ3) is 4.91. The molecule has 29 heavy (non-hydrogen) atoms. The number of hydrogen-bond donors (Lipinski definition) is 1. The molecule has 1 N–H and O–H groups in total. The summed E-state index contributed by atoms with van der Waals surface area (Å²) in [7, 11) is -1.99. The average Bonchev–Trinajstić information content (AvgIpc) is 2.72. The van der Waals surface area contributed by atoms with Gasteiger partial charge in [0.05, 0.1) is 23.6 Å². The summed E-state index contributed by atoms with van der Waals surface area (Å²) in [6.45, 7) is 2.57. The normalized spacial score (nSPS) is 17.7. The van der Waals surface area contributed by atoms with Crippen LogP contribution in [-0.4, -0.2) is 44.7 Å². The molecule has 1 heterocycles. The summed E-state index contributed by atoms with van der Waals surface area (Å²) in [6.07, 6.45) is 2.83. The van der Waals surface area contributed by atoms with E-state index in [-0.39, 0.29) is 23.3 Å². The Morgan fingerprint density at radius 2 is 1.93 bits per heavy atom. The first-order chi connectivity index (χ1) is 13.8. The van der Waals surface area contributed by atoms with E-state index in [1.807, 2.05) is 6.92 Å². The van der Waals surface area contributed by atoms with Crippen LogP contribution in [0.4, 0.5) is 5.69 Å². The molecule has 0 aromatic heterocycles. The molecule has 1 saturated heterocycles. The molecule has 1 unspecified atom stereocenters. The number of nitrogens with zero attached hydrogens (tertiary/aromatic N) is 1. The van der Waals surface area contributed by atoms with E-state index in [0.29, 0.717) is 28.6 Å². The Bertz CT molecular complexity index is 977. The number of Topliss-reactive ketones (excluding diaryl/α,β-unsaturated/α-hetero) is 1. The highest BCUT2D eigenvalue weighted by Crippen LogP contribution is 2.27. The molecule has 2 aromatic rings. The van der Waals surface area contributed by atoms with E-state index in [1.165, 1.54) is 7.11 Å². The molecule has 0 saturated carbocycles. The van der Waals surface area contributed by atoms with Crippen molar-refractivity contribution in [1.82, 2.24) is 4.31 Å². The molecule has 1 fully saturated rings. The van der Waals surface area contributed by atoms with E-state index in [0.717, 1.165) is 19.3 Å². The van der Waals surface area contributed by atoms with Crippen LogP contribution in [0.25, 0.3) is 0 Å². The molecule has 0 bridgehead atoms. The minimum absolute atomic E-state index is 0.0143. The predicted molar refractivity (Wildman–Crippen MR) is 114 cm³/mol. The third-order valence-electron chi connectivity index (χ3n) is 5.13. The second-order valence-corrected chi connectivity index (χ2v) is 9.41. The summed E-state index contributed by atoms with van der Waals surface area (Å²) in [5.74, 6) is 0.379. The minimum atomic E-state index is -3.50. The van der Waals surface area contributed by atoms with Crippen LogP contribution in [0.15, 0.2) is 47.4 Å². The number of anilines is 1. The van der Waals surface area contributed by atoms with Crippen LogP contribution in [0, 0.1) is 0 Å². The fraction of sp³-hybridized carbons (Fsp3) is 0.381. The van der Waals surface area contributed by atoms with E-state index in [2.05, 4.69) is 5.32 Å². The highest BCUT2D eigenvalue weighted by molar-refractivity contribution is 7.89. The van der Waals surface area contributed by atoms with Crippen LogP contribution in [0.1, 0.15) is 36.5 Å². The molecule has 0 aliphatic carbocycles. The third-order valence-corrected chi connectivity index (χ3v) is 7.45. The van der Waals surface area contributed by atoms with Crippen molar-refractivity contribution in [1.29, 1.82) is 0 Å². The molecular formula is C21H25ClN2O4S. The van der Waals surface area contributed by atoms with Gasteiger partial charge in [0, 0.05) is 23.8 Å². The van der Waals surface area contributed by atoms with Gasteiger partial charge in [-0.25, -0.2) is 8.42 Å². The number of ether oxygens (including phenoxy) is 1. The Kier molecular flexibility index (Phi) is 6.82. The second kappa shape index (κ2) is 9.15. The van der Waals surface area contributed by atoms with Crippen molar-refractivity contribution >= 4 is 33.1 Å². The van der Waals surface area contributed by atoms with Gasteiger partial charge in [-0.1, -0.05) is 18.0 Å². The molecule has 0 radical (unpaired) electrons. The number of nitrogens with one attached hydrogen (secondary N) is 1. The zero-order valence-corrected chi connectivity index (χ0v) is 18.1. The lowest BCUT2D eigenvalue weighted by Crippen LogP contribution is -2.41. The van der Waals surface area contributed by atoms with Gasteiger partial charge in [-0.05, 0) is 62.2 Å². The van der Waals surface area contributed by atoms with Crippen LogP contribution >= 0.6 is 11.6 Å². The molecule has 156 valence electrons. The Morgan fingerprint density at radius 1 is 1.21 bits per heavy atom. The second-order valence-electron chi connectivity index (χ2n) is 7.11. The van der Waals surface area contributed by atoms with E-state index >= 15 is 0 Å². The van der Waals surface area contributed by atoms with Gasteiger partial charge in [-0.3, -0.25) is 4.79 Å². The number of hydrogen-bond acceptors (Lipinski definition) is 5. The average molecular weight is 437 g/mol. The summed E-state index contributed by atoms with van der Waals surface area (Å²) in [5.41, 5.74) is 1.14. The molecule has 1 aliphatic rings. The van der Waals surface area contributed by atoms with Crippen LogP contribution in [0.3, 0.4) is 0 Å². The summed E-state index contributed by atoms with van der Waals surface area (Å²) >= 11 is 6.07. The van der Waals surface area contributed by atoms with Crippen LogP contribution in [-0.2, 0) is 10.0 Å². The van der Waals surface area contributed by atoms with Gasteiger partial charge in [0.1, 0.15) is 5.75 Å². The maximum Gasteiger partial charge on any atom is 0.243 e. The first-order valence-electron chi connectivity index (χ1n) is 9.55. The highest BCUT2D eigenvalue weighted by Gasteiger charge is 2.30. The summed E-state index contributed by atoms with van der Waals surface area (Å²) in [4.78, 5) is 12.6. The van der Waals surface area contributed by atoms with E-state index in [9.17, 15) is 13.2 Å². The van der Waals surface area contributed by atoms with Crippen molar-refractivity contribution in [2.24, 2.45) is 0 Å². The van der Waals surface area contributed by atoms with E-state index in [1.54, 1.807) is 46.8 Å². The Morgan fingerprint density at radius 3 is 2.55 bits per heavy atom. The number of benzene rings is 2. The Hall–Kier alpha value is -2.09. The van der Waals surface area contributed by atoms with Crippen molar-refractivity contribution in [3.05, 3.63) is 53.1 Å². The van der Waals surface area contributed by atoms with Gasteiger partial charge in [0.2, 0.25) is 10.0 Å². The number of piperidine rings is 1. The fourth-order valence-corrected chi connectivity index (χ4v) is 5.39. The smallest absolute Gasteiger partial charge is 0.243 e. The molecular weight excluding hydrogens is 412 g/mol. The largest absolute Gasteiger partial charge is 0.495 e. The van der Waals surface area contributed by atoms with E-state index < -0.39 is 10.0 Å². The first kappa shape index (κ1) is 21.6. The lowest BCUT2D eigenvalue weighted by atomic mass is 10.1. The summed E-state index contributed by atoms with van der Waals surface area (Å²) < 4.78 is 32.4. The number of carbonyl (C=O) groups excluding carboxylic acids is 1. The van der Waals surface area contributed by atoms with Crippen LogP contribution in [0.5, 0.6) is 5.75 Å². The highest BCUT2D eigenvalue weighted by atomic mass is 35.5. The van der Waals surface area contributed by atoms with Gasteiger partial charge in [0.25, 0.3) is 0 Å². The van der Waals surface area contributed by atoms with Gasteiger partial charge in [-0.15, -0.1) is 0 Å².